The molecule has 0 atom stereocenters. The number of amides is 1. The molecule has 50 heavy (non-hydrogen) atoms. The number of carbonyl (C=O) groups is 2. The predicted molar refractivity (Wildman–Crippen MR) is 215 cm³/mol. The zero-order valence-electron chi connectivity index (χ0n) is 33.7. The van der Waals surface area contributed by atoms with Crippen molar-refractivity contribution in [2.24, 2.45) is 0 Å². The van der Waals surface area contributed by atoms with E-state index in [1.807, 2.05) is 0 Å². The maximum Gasteiger partial charge on any atom is 0.221 e. The van der Waals surface area contributed by atoms with Gasteiger partial charge >= 0.3 is 0 Å². The van der Waals surface area contributed by atoms with Gasteiger partial charge in [-0.1, -0.05) is 174 Å². The van der Waals surface area contributed by atoms with Crippen molar-refractivity contribution in [2.75, 3.05) is 59.0 Å². The fourth-order valence-corrected chi connectivity index (χ4v) is 6.88. The van der Waals surface area contributed by atoms with Crippen molar-refractivity contribution in [1.82, 2.24) is 15.1 Å². The first-order valence-electron chi connectivity index (χ1n) is 22.0. The van der Waals surface area contributed by atoms with E-state index in [0.29, 0.717) is 64.3 Å². The van der Waals surface area contributed by atoms with E-state index in [2.05, 4.69) is 29.0 Å². The number of nitrogens with one attached hydrogen (secondary N) is 1. The number of aliphatic hydroxyl groups excluding tert-OH is 2. The summed E-state index contributed by atoms with van der Waals surface area (Å²) in [5.41, 5.74) is 0. The largest absolute Gasteiger partial charge is 0.395 e. The van der Waals surface area contributed by atoms with Gasteiger partial charge in [0.15, 0.2) is 0 Å². The second-order valence-corrected chi connectivity index (χ2v) is 15.1. The van der Waals surface area contributed by atoms with Gasteiger partial charge in [0.05, 0.1) is 13.2 Å². The number of carbonyl (C=O) groups excluding carboxylic acids is 2. The van der Waals surface area contributed by atoms with Gasteiger partial charge in [0.25, 0.3) is 0 Å². The van der Waals surface area contributed by atoms with E-state index in [1.54, 1.807) is 0 Å². The average Bonchev–Trinajstić information content (AvgIpc) is 3.11. The Labute approximate surface area is 311 Å². The topological polar surface area (TPSA) is 93.1 Å². The molecular weight excluding hydrogens is 622 g/mol. The molecule has 0 saturated carbocycles. The number of Topliss-reactive ketones (excluding diaryl/α,β-unsaturated/α-hetero) is 1. The van der Waals surface area contributed by atoms with Crippen LogP contribution >= 0.6 is 0 Å². The van der Waals surface area contributed by atoms with Gasteiger partial charge in [-0.3, -0.25) is 19.4 Å². The summed E-state index contributed by atoms with van der Waals surface area (Å²) in [7, 11) is 0. The van der Waals surface area contributed by atoms with Crippen LogP contribution in [0.4, 0.5) is 0 Å². The molecule has 0 spiro atoms. The van der Waals surface area contributed by atoms with Crippen LogP contribution in [0.3, 0.4) is 0 Å². The van der Waals surface area contributed by atoms with E-state index < -0.39 is 0 Å². The van der Waals surface area contributed by atoms with E-state index in [9.17, 15) is 19.8 Å². The summed E-state index contributed by atoms with van der Waals surface area (Å²) in [6.07, 6.45) is 37.3. The van der Waals surface area contributed by atoms with E-state index in [-0.39, 0.29) is 19.1 Å². The third kappa shape index (κ3) is 36.8. The van der Waals surface area contributed by atoms with Crippen molar-refractivity contribution in [1.29, 1.82) is 0 Å². The molecule has 0 aliphatic heterocycles. The Kier molecular flexibility index (Phi) is 39.9. The highest BCUT2D eigenvalue weighted by molar-refractivity contribution is 5.78. The molecule has 7 heteroatoms. The fourth-order valence-electron chi connectivity index (χ4n) is 6.88. The number of hydrogen-bond donors (Lipinski definition) is 3. The summed E-state index contributed by atoms with van der Waals surface area (Å²) in [5, 5.41) is 22.2. The van der Waals surface area contributed by atoms with Crippen LogP contribution in [-0.2, 0) is 9.59 Å². The van der Waals surface area contributed by atoms with Crippen molar-refractivity contribution in [3.63, 3.8) is 0 Å². The van der Waals surface area contributed by atoms with Crippen molar-refractivity contribution >= 4 is 11.7 Å². The minimum atomic E-state index is 0.0538. The molecule has 0 heterocycles. The van der Waals surface area contributed by atoms with Crippen LogP contribution in [0.2, 0.25) is 0 Å². The Morgan fingerprint density at radius 3 is 1.12 bits per heavy atom. The lowest BCUT2D eigenvalue weighted by Crippen LogP contribution is -2.40. The minimum Gasteiger partial charge on any atom is -0.395 e. The van der Waals surface area contributed by atoms with Gasteiger partial charge in [-0.2, -0.15) is 0 Å². The zero-order chi connectivity index (χ0) is 36.6. The summed E-state index contributed by atoms with van der Waals surface area (Å²) in [5.74, 6) is 0.396. The third-order valence-corrected chi connectivity index (χ3v) is 10.3. The lowest BCUT2D eigenvalue weighted by Gasteiger charge is -2.26. The second-order valence-electron chi connectivity index (χ2n) is 15.1. The summed E-state index contributed by atoms with van der Waals surface area (Å²) in [6, 6.07) is 0. The summed E-state index contributed by atoms with van der Waals surface area (Å²) >= 11 is 0. The summed E-state index contributed by atoms with van der Waals surface area (Å²) in [4.78, 5) is 29.3. The molecular formula is C43H87N3O4. The molecule has 7 nitrogen and oxygen atoms in total. The van der Waals surface area contributed by atoms with Crippen LogP contribution in [-0.4, -0.2) is 90.7 Å². The Hall–Kier alpha value is -1.02. The molecule has 0 bridgehead atoms. The SMILES string of the molecule is CCCCCCCCCCCCCCCCC(=O)CCN(CCO)CCN(CCO)CCC(=O)NCCCCCCCCCCCCCCC. The maximum absolute atomic E-state index is 12.6. The lowest BCUT2D eigenvalue weighted by molar-refractivity contribution is -0.121. The van der Waals surface area contributed by atoms with Crippen molar-refractivity contribution < 1.29 is 19.8 Å². The first-order chi connectivity index (χ1) is 24.6. The molecule has 0 aromatic carbocycles. The molecule has 0 aromatic rings. The monoisotopic (exact) mass is 710 g/mol. The summed E-state index contributed by atoms with van der Waals surface area (Å²) < 4.78 is 0. The number of hydrogen-bond acceptors (Lipinski definition) is 6. The average molecular weight is 710 g/mol. The molecule has 0 aromatic heterocycles. The number of ketones is 1. The van der Waals surface area contributed by atoms with Gasteiger partial charge in [-0.15, -0.1) is 0 Å². The highest BCUT2D eigenvalue weighted by Gasteiger charge is 2.13. The van der Waals surface area contributed by atoms with Crippen LogP contribution in [0, 0.1) is 0 Å². The van der Waals surface area contributed by atoms with Crippen LogP contribution in [0.25, 0.3) is 0 Å². The molecule has 3 N–H and O–H groups in total. The number of aliphatic hydroxyl groups is 2. The van der Waals surface area contributed by atoms with Crippen molar-refractivity contribution in [2.45, 2.75) is 206 Å². The highest BCUT2D eigenvalue weighted by Crippen LogP contribution is 2.14. The Bertz CT molecular complexity index is 650. The van der Waals surface area contributed by atoms with Crippen molar-refractivity contribution in [3.05, 3.63) is 0 Å². The first-order valence-corrected chi connectivity index (χ1v) is 22.0. The molecule has 1 amide bonds. The standard InChI is InChI=1S/C43H87N3O4/c1-3-5-7-9-11-13-15-17-18-20-22-24-26-28-30-42(49)31-34-45(38-40-47)36-37-46(39-41-48)35-32-43(50)44-33-29-27-25-23-21-19-16-14-12-10-8-6-4-2/h47-48H,3-41H2,1-2H3,(H,44,50). The second kappa shape index (κ2) is 40.7. The zero-order valence-corrected chi connectivity index (χ0v) is 33.7. The quantitative estimate of drug-likeness (QED) is 0.0547. The normalized spacial score (nSPS) is 11.6. The molecule has 0 fully saturated rings. The van der Waals surface area contributed by atoms with E-state index >= 15 is 0 Å². The van der Waals surface area contributed by atoms with Gasteiger partial charge in [0.2, 0.25) is 5.91 Å². The van der Waals surface area contributed by atoms with Gasteiger partial charge in [0.1, 0.15) is 5.78 Å². The Balaban J connectivity index is 3.88. The lowest BCUT2D eigenvalue weighted by atomic mass is 10.0. The molecule has 0 saturated heterocycles. The van der Waals surface area contributed by atoms with Gasteiger partial charge in [-0.25, -0.2) is 0 Å². The van der Waals surface area contributed by atoms with E-state index in [0.717, 1.165) is 25.8 Å². The highest BCUT2D eigenvalue weighted by atomic mass is 16.3. The van der Waals surface area contributed by atoms with Gasteiger partial charge < -0.3 is 15.5 Å². The molecule has 0 unspecified atom stereocenters. The first kappa shape index (κ1) is 49.0. The Morgan fingerprint density at radius 2 is 0.740 bits per heavy atom. The van der Waals surface area contributed by atoms with E-state index in [1.165, 1.54) is 154 Å². The number of nitrogens with zero attached hydrogens (tertiary/aromatic N) is 2. The fraction of sp³-hybridized carbons (Fsp3) is 0.953. The summed E-state index contributed by atoms with van der Waals surface area (Å²) in [6.45, 7) is 9.16. The smallest absolute Gasteiger partial charge is 0.221 e. The molecule has 0 radical (unpaired) electrons. The minimum absolute atomic E-state index is 0.0538. The van der Waals surface area contributed by atoms with Crippen LogP contribution in [0.1, 0.15) is 206 Å². The molecule has 0 rings (SSSR count). The van der Waals surface area contributed by atoms with Gasteiger partial charge in [-0.05, 0) is 12.8 Å². The molecule has 0 aliphatic carbocycles. The van der Waals surface area contributed by atoms with E-state index in [4.69, 9.17) is 0 Å². The van der Waals surface area contributed by atoms with Gasteiger partial charge in [0, 0.05) is 65.1 Å². The molecule has 0 aliphatic rings. The van der Waals surface area contributed by atoms with Crippen molar-refractivity contribution in [3.8, 4) is 0 Å². The Morgan fingerprint density at radius 1 is 0.400 bits per heavy atom. The van der Waals surface area contributed by atoms with Crippen LogP contribution in [0.15, 0.2) is 0 Å². The predicted octanol–water partition coefficient (Wildman–Crippen LogP) is 10.0. The van der Waals surface area contributed by atoms with Crippen LogP contribution < -0.4 is 5.32 Å². The molecule has 298 valence electrons. The number of unbranched alkanes of at least 4 members (excludes halogenated alkanes) is 25. The third-order valence-electron chi connectivity index (χ3n) is 10.3. The van der Waals surface area contributed by atoms with Crippen LogP contribution in [0.5, 0.6) is 0 Å². The maximum atomic E-state index is 12.6. The number of rotatable bonds is 42.